The van der Waals surface area contributed by atoms with Gasteiger partial charge in [-0.05, 0) is 95.3 Å². The Balaban J connectivity index is 0.000000211. The number of benzene rings is 12. The Kier molecular flexibility index (Phi) is 35.0. The third kappa shape index (κ3) is 34.1. The zero-order valence-corrected chi connectivity index (χ0v) is 58.1. The van der Waals surface area contributed by atoms with Crippen LogP contribution in [0.15, 0.2) is 364 Å². The molecule has 0 aliphatic rings. The maximum Gasteiger partial charge on any atom is 0.507 e. The van der Waals surface area contributed by atoms with E-state index in [-0.39, 0.29) is 0 Å². The Morgan fingerprint density at radius 3 is 0.260 bits per heavy atom. The Labute approximate surface area is 561 Å². The minimum absolute atomic E-state index is 0.446. The molecule has 0 radical (unpaired) electrons. The molecule has 0 aliphatic heterocycles. The van der Waals surface area contributed by atoms with E-state index in [1.54, 1.807) is 0 Å². The molecular weight excluding hydrogens is 1380 g/mol. The molecule has 0 fully saturated rings. The minimum atomic E-state index is -5.14. The lowest BCUT2D eigenvalue weighted by molar-refractivity contribution is 0.320. The fourth-order valence-corrected chi connectivity index (χ4v) is 17.9. The number of hydrogen-bond acceptors (Lipinski definition) is 4. The predicted octanol–water partition coefficient (Wildman–Crippen LogP) is 14.0. The minimum Gasteiger partial charge on any atom is -0.299 e. The van der Waals surface area contributed by atoms with E-state index in [1.807, 2.05) is 0 Å². The molecule has 0 unspecified atom stereocenters. The third-order valence-electron chi connectivity index (χ3n) is 12.2. The largest absolute Gasteiger partial charge is 0.507 e. The van der Waals surface area contributed by atoms with Crippen LogP contribution in [0, 0.1) is 0 Å². The maximum absolute atomic E-state index is 10.4. The van der Waals surface area contributed by atoms with Crippen LogP contribution >= 0.6 is 63.3 Å². The van der Waals surface area contributed by atoms with Crippen molar-refractivity contribution in [2.24, 2.45) is 0 Å². The molecule has 8 N–H and O–H groups in total. The van der Waals surface area contributed by atoms with Crippen LogP contribution in [0.5, 0.6) is 0 Å². The van der Waals surface area contributed by atoms with Gasteiger partial charge < -0.3 is 0 Å². The second-order valence-corrected chi connectivity index (χ2v) is 31.9. The molecular formula is C72H68F4O12P8. The van der Waals surface area contributed by atoms with Crippen LogP contribution in [-0.4, -0.2) is 39.1 Å². The van der Waals surface area contributed by atoms with E-state index in [0.29, 0.717) is 0 Å². The molecule has 0 spiro atoms. The molecule has 0 saturated carbocycles. The Morgan fingerprint density at radius 1 is 0.156 bits per heavy atom. The predicted molar refractivity (Wildman–Crippen MR) is 393 cm³/mol. The van der Waals surface area contributed by atoms with Gasteiger partial charge in [-0.15, -0.1) is 16.8 Å². The SMILES string of the molecule is O=P(O)(O)F.O=P(O)(O)F.O=P(O)(O)F.O=P(O)(O)F.c1ccc(P(c2ccccc2)c2ccccc2)cc1.c1ccc(P(c2ccccc2)c2ccccc2)cc1.c1ccc(P(c2ccccc2)c2ccccc2)cc1.c1ccc(P(c2ccccc2)c2ccccc2)cc1. The van der Waals surface area contributed by atoms with Gasteiger partial charge >= 0.3 is 31.6 Å². The van der Waals surface area contributed by atoms with Crippen molar-refractivity contribution in [3.05, 3.63) is 364 Å². The second-order valence-electron chi connectivity index (χ2n) is 19.3. The van der Waals surface area contributed by atoms with E-state index < -0.39 is 63.3 Å². The molecule has 12 aromatic rings. The van der Waals surface area contributed by atoms with Crippen molar-refractivity contribution in [3.63, 3.8) is 0 Å². The van der Waals surface area contributed by atoms with Gasteiger partial charge in [-0.2, -0.15) is 0 Å². The summed E-state index contributed by atoms with van der Waals surface area (Å²) in [5, 5.41) is 16.8. The molecule has 24 heteroatoms. The molecule has 0 bridgehead atoms. The zero-order valence-electron chi connectivity index (χ0n) is 50.9. The fraction of sp³-hybridized carbons (Fsp3) is 0. The first-order valence-electron chi connectivity index (χ1n) is 28.6. The van der Waals surface area contributed by atoms with Crippen molar-refractivity contribution in [2.75, 3.05) is 0 Å². The van der Waals surface area contributed by atoms with E-state index in [2.05, 4.69) is 364 Å². The first kappa shape index (κ1) is 79.4. The van der Waals surface area contributed by atoms with Crippen molar-refractivity contribution in [1.82, 2.24) is 0 Å². The summed E-state index contributed by atoms with van der Waals surface area (Å²) in [6.45, 7) is 0. The summed E-state index contributed by atoms with van der Waals surface area (Å²) in [6.07, 6.45) is 0. The summed E-state index contributed by atoms with van der Waals surface area (Å²) >= 11 is 0. The molecule has 96 heavy (non-hydrogen) atoms. The number of hydrogen-bond donors (Lipinski definition) is 8. The third-order valence-corrected chi connectivity index (χ3v) is 21.9. The topological polar surface area (TPSA) is 230 Å². The van der Waals surface area contributed by atoms with Crippen LogP contribution in [0.25, 0.3) is 0 Å². The normalized spacial score (nSPS) is 10.8. The summed E-state index contributed by atoms with van der Waals surface area (Å²) in [5.74, 6) is 0. The van der Waals surface area contributed by atoms with Gasteiger partial charge in [0.25, 0.3) is 0 Å². The van der Waals surface area contributed by atoms with Crippen LogP contribution in [0.4, 0.5) is 16.8 Å². The summed E-state index contributed by atoms with van der Waals surface area (Å²) in [6, 6.07) is 129. The van der Waals surface area contributed by atoms with Crippen molar-refractivity contribution < 1.29 is 74.2 Å². The highest BCUT2D eigenvalue weighted by molar-refractivity contribution is 7.81. The first-order valence-corrected chi connectivity index (χ1v) is 40.0. The van der Waals surface area contributed by atoms with E-state index in [1.165, 1.54) is 63.7 Å². The van der Waals surface area contributed by atoms with Gasteiger partial charge in [0.2, 0.25) is 0 Å². The quantitative estimate of drug-likeness (QED) is 0.0422. The summed E-state index contributed by atoms with van der Waals surface area (Å²) < 4.78 is 76.1. The highest BCUT2D eigenvalue weighted by Gasteiger charge is 2.19. The fourth-order valence-electron chi connectivity index (χ4n) is 8.71. The average Bonchev–Trinajstić information content (AvgIpc) is 1.11. The lowest BCUT2D eigenvalue weighted by Gasteiger charge is -2.18. The van der Waals surface area contributed by atoms with Gasteiger partial charge in [-0.25, -0.2) is 18.3 Å². The Hall–Kier alpha value is -7.32. The Morgan fingerprint density at radius 2 is 0.208 bits per heavy atom. The number of rotatable bonds is 12. The smallest absolute Gasteiger partial charge is 0.299 e. The van der Waals surface area contributed by atoms with Gasteiger partial charge in [-0.3, -0.25) is 39.1 Å². The summed E-state index contributed by atoms with van der Waals surface area (Å²) in [5.41, 5.74) is 0. The second kappa shape index (κ2) is 42.4. The van der Waals surface area contributed by atoms with Gasteiger partial charge in [0.05, 0.1) is 0 Å². The zero-order chi connectivity index (χ0) is 69.7. The van der Waals surface area contributed by atoms with Crippen molar-refractivity contribution in [1.29, 1.82) is 0 Å². The van der Waals surface area contributed by atoms with E-state index >= 15 is 0 Å². The van der Waals surface area contributed by atoms with Crippen molar-refractivity contribution >= 4 is 127 Å². The standard InChI is InChI=1S/4C18H15P.4FH2O3P/c4*1-4-10-16(11-5-1)19(17-12-6-2-7-13-17)18-14-8-3-9-15-18;4*1-5(2,3)4/h4*1-15H;4*(H2,2,3,4). The molecule has 0 aliphatic carbocycles. The summed E-state index contributed by atoms with van der Waals surface area (Å²) in [7, 11) is -22.3. The van der Waals surface area contributed by atoms with Crippen LogP contribution in [0.1, 0.15) is 0 Å². The lowest BCUT2D eigenvalue weighted by Crippen LogP contribution is -2.20. The van der Waals surface area contributed by atoms with Crippen molar-refractivity contribution in [3.8, 4) is 0 Å². The highest BCUT2D eigenvalue weighted by Crippen LogP contribution is 2.38. The van der Waals surface area contributed by atoms with Crippen LogP contribution in [0.2, 0.25) is 0 Å². The van der Waals surface area contributed by atoms with Crippen LogP contribution in [0.3, 0.4) is 0 Å². The molecule has 12 rings (SSSR count). The monoisotopic (exact) mass is 1450 g/mol. The lowest BCUT2D eigenvalue weighted by atomic mass is 10.4. The molecule has 0 amide bonds. The molecule has 0 heterocycles. The molecule has 0 saturated heterocycles. The van der Waals surface area contributed by atoms with E-state index in [9.17, 15) is 16.8 Å². The molecule has 0 aromatic heterocycles. The molecule has 12 nitrogen and oxygen atoms in total. The van der Waals surface area contributed by atoms with Gasteiger partial charge in [0, 0.05) is 0 Å². The number of halogens is 4. The maximum atomic E-state index is 10.4. The van der Waals surface area contributed by atoms with Crippen LogP contribution in [-0.2, 0) is 18.3 Å². The van der Waals surface area contributed by atoms with Crippen molar-refractivity contribution in [2.45, 2.75) is 0 Å². The van der Waals surface area contributed by atoms with Gasteiger partial charge in [0.1, 0.15) is 0 Å². The Bertz CT molecular complexity index is 3250. The first-order chi connectivity index (χ1) is 45.8. The van der Waals surface area contributed by atoms with Gasteiger partial charge in [-0.1, -0.05) is 364 Å². The summed E-state index contributed by atoms with van der Waals surface area (Å²) in [4.78, 5) is 55.7. The van der Waals surface area contributed by atoms with Gasteiger partial charge in [0.15, 0.2) is 0 Å². The average molecular weight is 1450 g/mol. The highest BCUT2D eigenvalue weighted by atomic mass is 31.2. The van der Waals surface area contributed by atoms with Crippen LogP contribution < -0.4 is 63.7 Å². The van der Waals surface area contributed by atoms with E-state index in [0.717, 1.165) is 0 Å². The molecule has 496 valence electrons. The molecule has 0 atom stereocenters. The van der Waals surface area contributed by atoms with E-state index in [4.69, 9.17) is 57.4 Å². The molecule has 12 aromatic carbocycles.